The number of rotatable bonds is 4. The number of nitrogens with two attached hydrogens (primary N) is 1. The van der Waals surface area contributed by atoms with Crippen LogP contribution in [0.5, 0.6) is 0 Å². The second-order valence-corrected chi connectivity index (χ2v) is 7.24. The third-order valence-electron chi connectivity index (χ3n) is 4.22. The SMILES string of the molecule is CC(C)(CNC1CCc2cc(N)ccc21)c1cccs1. The highest BCUT2D eigenvalue weighted by Gasteiger charge is 2.26. The van der Waals surface area contributed by atoms with Crippen LogP contribution < -0.4 is 11.1 Å². The minimum Gasteiger partial charge on any atom is -0.399 e. The van der Waals surface area contributed by atoms with Crippen molar-refractivity contribution >= 4 is 17.0 Å². The molecule has 3 N–H and O–H groups in total. The summed E-state index contributed by atoms with van der Waals surface area (Å²) in [6, 6.07) is 11.2. The number of thiophene rings is 1. The van der Waals surface area contributed by atoms with Gasteiger partial charge in [0.05, 0.1) is 0 Å². The zero-order chi connectivity index (χ0) is 14.2. The molecule has 1 atom stereocenters. The summed E-state index contributed by atoms with van der Waals surface area (Å²) in [5, 5.41) is 5.91. The van der Waals surface area contributed by atoms with Crippen LogP contribution in [0.1, 0.15) is 42.3 Å². The van der Waals surface area contributed by atoms with Crippen molar-refractivity contribution in [2.75, 3.05) is 12.3 Å². The zero-order valence-electron chi connectivity index (χ0n) is 12.1. The van der Waals surface area contributed by atoms with E-state index in [1.165, 1.54) is 22.4 Å². The molecule has 1 unspecified atom stereocenters. The summed E-state index contributed by atoms with van der Waals surface area (Å²) >= 11 is 1.84. The fourth-order valence-corrected chi connectivity index (χ4v) is 3.83. The molecular weight excluding hydrogens is 264 g/mol. The fraction of sp³-hybridized carbons (Fsp3) is 0.412. The highest BCUT2D eigenvalue weighted by atomic mass is 32.1. The highest BCUT2D eigenvalue weighted by molar-refractivity contribution is 7.10. The van der Waals surface area contributed by atoms with Crippen LogP contribution in [0.3, 0.4) is 0 Å². The first-order valence-electron chi connectivity index (χ1n) is 7.22. The van der Waals surface area contributed by atoms with E-state index in [1.54, 1.807) is 0 Å². The van der Waals surface area contributed by atoms with Crippen LogP contribution in [0.15, 0.2) is 35.7 Å². The lowest BCUT2D eigenvalue weighted by atomic mass is 9.91. The monoisotopic (exact) mass is 286 g/mol. The van der Waals surface area contributed by atoms with Crippen LogP contribution in [-0.2, 0) is 11.8 Å². The van der Waals surface area contributed by atoms with Gasteiger partial charge in [-0.2, -0.15) is 0 Å². The molecular formula is C17H22N2S. The van der Waals surface area contributed by atoms with Crippen molar-refractivity contribution in [3.8, 4) is 0 Å². The maximum Gasteiger partial charge on any atom is 0.0326 e. The highest BCUT2D eigenvalue weighted by Crippen LogP contribution is 2.34. The van der Waals surface area contributed by atoms with Crippen LogP contribution in [0.25, 0.3) is 0 Å². The smallest absolute Gasteiger partial charge is 0.0326 e. The van der Waals surface area contributed by atoms with Crippen LogP contribution in [0.2, 0.25) is 0 Å². The molecule has 1 aromatic heterocycles. The Morgan fingerprint density at radius 1 is 1.35 bits per heavy atom. The molecule has 3 rings (SSSR count). The van der Waals surface area contributed by atoms with E-state index in [0.29, 0.717) is 6.04 Å². The Bertz CT molecular complexity index is 587. The van der Waals surface area contributed by atoms with E-state index >= 15 is 0 Å². The van der Waals surface area contributed by atoms with Crippen molar-refractivity contribution in [2.24, 2.45) is 0 Å². The third kappa shape index (κ3) is 2.60. The average Bonchev–Trinajstić information content (AvgIpc) is 3.06. The summed E-state index contributed by atoms with van der Waals surface area (Å²) in [4.78, 5) is 1.44. The predicted octanol–water partition coefficient (Wildman–Crippen LogP) is 3.89. The number of nitrogens with one attached hydrogen (secondary N) is 1. The van der Waals surface area contributed by atoms with Crippen LogP contribution in [0, 0.1) is 0 Å². The number of hydrogen-bond donors (Lipinski definition) is 2. The molecule has 0 saturated carbocycles. The van der Waals surface area contributed by atoms with E-state index in [0.717, 1.165) is 18.7 Å². The first-order chi connectivity index (χ1) is 9.56. The number of nitrogen functional groups attached to an aromatic ring is 1. The van der Waals surface area contributed by atoms with Gasteiger partial charge in [-0.15, -0.1) is 11.3 Å². The second kappa shape index (κ2) is 5.23. The van der Waals surface area contributed by atoms with Crippen molar-refractivity contribution in [1.82, 2.24) is 5.32 Å². The molecule has 0 amide bonds. The van der Waals surface area contributed by atoms with E-state index < -0.39 is 0 Å². The first kappa shape index (κ1) is 13.7. The maximum atomic E-state index is 5.86. The third-order valence-corrected chi connectivity index (χ3v) is 5.46. The summed E-state index contributed by atoms with van der Waals surface area (Å²) in [6.07, 6.45) is 2.32. The minimum atomic E-state index is 0.185. The van der Waals surface area contributed by atoms with E-state index in [-0.39, 0.29) is 5.41 Å². The lowest BCUT2D eigenvalue weighted by molar-refractivity contribution is 0.426. The van der Waals surface area contributed by atoms with Gasteiger partial charge >= 0.3 is 0 Å². The van der Waals surface area contributed by atoms with E-state index in [1.807, 2.05) is 17.4 Å². The lowest BCUT2D eigenvalue weighted by Gasteiger charge is -2.26. The molecule has 0 saturated heterocycles. The van der Waals surface area contributed by atoms with E-state index in [9.17, 15) is 0 Å². The van der Waals surface area contributed by atoms with Gasteiger partial charge in [0, 0.05) is 28.6 Å². The van der Waals surface area contributed by atoms with Gasteiger partial charge in [-0.3, -0.25) is 0 Å². The van der Waals surface area contributed by atoms with Crippen molar-refractivity contribution in [3.63, 3.8) is 0 Å². The Kier molecular flexibility index (Phi) is 3.57. The topological polar surface area (TPSA) is 38.0 Å². The average molecular weight is 286 g/mol. The van der Waals surface area contributed by atoms with Gasteiger partial charge in [0.25, 0.3) is 0 Å². The van der Waals surface area contributed by atoms with Gasteiger partial charge < -0.3 is 11.1 Å². The van der Waals surface area contributed by atoms with Gasteiger partial charge in [-0.05, 0) is 47.5 Å². The zero-order valence-corrected chi connectivity index (χ0v) is 13.0. The first-order valence-corrected chi connectivity index (χ1v) is 8.10. The molecule has 2 aromatic rings. The Balaban J connectivity index is 1.69. The van der Waals surface area contributed by atoms with Crippen LogP contribution in [-0.4, -0.2) is 6.54 Å². The Labute approximate surface area is 125 Å². The fourth-order valence-electron chi connectivity index (χ4n) is 2.98. The van der Waals surface area contributed by atoms with Gasteiger partial charge in [-0.25, -0.2) is 0 Å². The quantitative estimate of drug-likeness (QED) is 0.837. The molecule has 1 heterocycles. The molecule has 20 heavy (non-hydrogen) atoms. The number of benzene rings is 1. The van der Waals surface area contributed by atoms with Crippen molar-refractivity contribution in [2.45, 2.75) is 38.1 Å². The predicted molar refractivity (Wildman–Crippen MR) is 87.3 cm³/mol. The summed E-state index contributed by atoms with van der Waals surface area (Å²) in [7, 11) is 0. The summed E-state index contributed by atoms with van der Waals surface area (Å²) < 4.78 is 0. The number of aryl methyl sites for hydroxylation is 1. The summed E-state index contributed by atoms with van der Waals surface area (Å²) in [5.41, 5.74) is 9.77. The number of anilines is 1. The number of hydrogen-bond acceptors (Lipinski definition) is 3. The Hall–Kier alpha value is -1.32. The van der Waals surface area contributed by atoms with E-state index in [2.05, 4.69) is 48.8 Å². The molecule has 106 valence electrons. The van der Waals surface area contributed by atoms with Crippen LogP contribution in [0.4, 0.5) is 5.69 Å². The van der Waals surface area contributed by atoms with Crippen LogP contribution >= 0.6 is 11.3 Å². The molecule has 0 spiro atoms. The van der Waals surface area contributed by atoms with Gasteiger partial charge in [-0.1, -0.05) is 26.0 Å². The summed E-state index contributed by atoms with van der Waals surface area (Å²) in [5.74, 6) is 0. The molecule has 1 aliphatic rings. The molecule has 2 nitrogen and oxygen atoms in total. The molecule has 0 bridgehead atoms. The molecule has 1 aromatic carbocycles. The van der Waals surface area contributed by atoms with Gasteiger partial charge in [0.15, 0.2) is 0 Å². The molecule has 0 aliphatic heterocycles. The summed E-state index contributed by atoms with van der Waals surface area (Å²) in [6.45, 7) is 5.62. The van der Waals surface area contributed by atoms with Crippen molar-refractivity contribution in [1.29, 1.82) is 0 Å². The van der Waals surface area contributed by atoms with E-state index in [4.69, 9.17) is 5.73 Å². The maximum absolute atomic E-state index is 5.86. The Morgan fingerprint density at radius 3 is 2.95 bits per heavy atom. The number of fused-ring (bicyclic) bond motifs is 1. The van der Waals surface area contributed by atoms with Crippen molar-refractivity contribution in [3.05, 3.63) is 51.7 Å². The van der Waals surface area contributed by atoms with Gasteiger partial charge in [0.1, 0.15) is 0 Å². The molecule has 0 radical (unpaired) electrons. The molecule has 3 heteroatoms. The van der Waals surface area contributed by atoms with Gasteiger partial charge in [0.2, 0.25) is 0 Å². The Morgan fingerprint density at radius 2 is 2.20 bits per heavy atom. The normalized spacial score (nSPS) is 18.2. The molecule has 0 fully saturated rings. The minimum absolute atomic E-state index is 0.185. The van der Waals surface area contributed by atoms with Crippen molar-refractivity contribution < 1.29 is 0 Å². The largest absolute Gasteiger partial charge is 0.399 e. The standard InChI is InChI=1S/C17H22N2S/c1-17(2,16-4-3-9-20-16)11-19-15-8-5-12-10-13(18)6-7-14(12)15/h3-4,6-7,9-10,15,19H,5,8,11,18H2,1-2H3. The molecule has 1 aliphatic carbocycles. The lowest BCUT2D eigenvalue weighted by Crippen LogP contribution is -2.34. The second-order valence-electron chi connectivity index (χ2n) is 6.29.